The number of aromatic amines is 1. The van der Waals surface area contributed by atoms with Crippen LogP contribution >= 0.6 is 0 Å². The summed E-state index contributed by atoms with van der Waals surface area (Å²) >= 11 is 0. The van der Waals surface area contributed by atoms with Crippen molar-refractivity contribution in [3.63, 3.8) is 0 Å². The zero-order valence-electron chi connectivity index (χ0n) is 22.8. The Labute approximate surface area is 233 Å². The minimum Gasteiger partial charge on any atom is -0.378 e. The molecule has 10 heteroatoms. The van der Waals surface area contributed by atoms with Crippen molar-refractivity contribution in [1.29, 1.82) is 0 Å². The van der Waals surface area contributed by atoms with Crippen LogP contribution in [0.1, 0.15) is 11.3 Å². The van der Waals surface area contributed by atoms with Crippen LogP contribution < -0.4 is 10.2 Å². The van der Waals surface area contributed by atoms with Gasteiger partial charge in [0.05, 0.1) is 30.5 Å². The number of ketones is 1. The molecule has 0 spiro atoms. The lowest BCUT2D eigenvalue weighted by Gasteiger charge is -2.27. The number of Topliss-reactive ketones (excluding diaryl/α,β-unsaturated/α-hetero) is 1. The molecule has 4 heterocycles. The van der Waals surface area contributed by atoms with Gasteiger partial charge in [0.15, 0.2) is 0 Å². The summed E-state index contributed by atoms with van der Waals surface area (Å²) in [4.78, 5) is 45.6. The van der Waals surface area contributed by atoms with Crippen LogP contribution in [-0.4, -0.2) is 83.5 Å². The van der Waals surface area contributed by atoms with Crippen molar-refractivity contribution < 1.29 is 14.3 Å². The van der Waals surface area contributed by atoms with Gasteiger partial charge >= 0.3 is 0 Å². The number of carbonyl (C=O) groups is 2. The van der Waals surface area contributed by atoms with Gasteiger partial charge in [0.2, 0.25) is 5.91 Å². The minimum absolute atomic E-state index is 0.0692. The molecule has 40 heavy (non-hydrogen) atoms. The molecular formula is C30H33N7O3. The number of pyridine rings is 1. The number of nitrogens with zero attached hydrogens (tertiary/aromatic N) is 5. The summed E-state index contributed by atoms with van der Waals surface area (Å²) in [5, 5.41) is 3.76. The number of H-pyrrole nitrogens is 1. The fourth-order valence-electron chi connectivity index (χ4n) is 4.56. The standard InChI is InChI=1S/C30H33N7O3/c1-36(2)11-3-4-28(39)34-24-10-9-23(31-19-24)17-25(38)16-21-5-7-22(8-6-21)27-18-26-29(35-27)32-20-33-30(26)37-12-14-40-15-13-37/h3-10,18-20H,11-17H2,1-2H3,(H,34,39)(H,32,33,35)/b4-3+. The Hall–Kier alpha value is -4.41. The van der Waals surface area contributed by atoms with Crippen LogP contribution in [0.2, 0.25) is 0 Å². The molecule has 1 amide bonds. The van der Waals surface area contributed by atoms with E-state index in [1.165, 1.54) is 6.08 Å². The molecule has 4 aromatic rings. The van der Waals surface area contributed by atoms with Crippen LogP contribution in [0.25, 0.3) is 22.3 Å². The quantitative estimate of drug-likeness (QED) is 0.295. The van der Waals surface area contributed by atoms with Gasteiger partial charge in [-0.05, 0) is 43.4 Å². The topological polar surface area (TPSA) is 116 Å². The molecule has 0 unspecified atom stereocenters. The predicted octanol–water partition coefficient (Wildman–Crippen LogP) is 3.27. The lowest BCUT2D eigenvalue weighted by Crippen LogP contribution is -2.36. The van der Waals surface area contributed by atoms with E-state index < -0.39 is 0 Å². The third-order valence-corrected chi connectivity index (χ3v) is 6.59. The Bertz CT molecular complexity index is 1490. The van der Waals surface area contributed by atoms with Gasteiger partial charge in [-0.1, -0.05) is 30.3 Å². The van der Waals surface area contributed by atoms with E-state index >= 15 is 0 Å². The molecule has 2 N–H and O–H groups in total. The molecule has 0 aliphatic carbocycles. The summed E-state index contributed by atoms with van der Waals surface area (Å²) in [6.07, 6.45) is 6.99. The molecule has 3 aromatic heterocycles. The van der Waals surface area contributed by atoms with Gasteiger partial charge in [-0.15, -0.1) is 0 Å². The van der Waals surface area contributed by atoms with E-state index in [9.17, 15) is 9.59 Å². The lowest BCUT2D eigenvalue weighted by atomic mass is 10.0. The highest BCUT2D eigenvalue weighted by atomic mass is 16.5. The molecule has 1 fully saturated rings. The monoisotopic (exact) mass is 539 g/mol. The van der Waals surface area contributed by atoms with E-state index in [0.717, 1.165) is 46.8 Å². The molecule has 0 bridgehead atoms. The van der Waals surface area contributed by atoms with Gasteiger partial charge in [0.1, 0.15) is 23.6 Å². The van der Waals surface area contributed by atoms with Crippen LogP contribution in [0, 0.1) is 0 Å². The highest BCUT2D eigenvalue weighted by Crippen LogP contribution is 2.29. The average molecular weight is 540 g/mol. The third kappa shape index (κ3) is 6.96. The number of fused-ring (bicyclic) bond motifs is 1. The molecule has 0 radical (unpaired) electrons. The SMILES string of the molecule is CN(C)C/C=C/C(=O)Nc1ccc(CC(=O)Cc2ccc(-c3cc4c(N5CCOCC5)ncnc4[nH]3)cc2)nc1. The van der Waals surface area contributed by atoms with E-state index in [-0.39, 0.29) is 18.1 Å². The summed E-state index contributed by atoms with van der Waals surface area (Å²) in [6, 6.07) is 13.6. The smallest absolute Gasteiger partial charge is 0.248 e. The van der Waals surface area contributed by atoms with E-state index in [2.05, 4.69) is 36.2 Å². The van der Waals surface area contributed by atoms with E-state index in [0.29, 0.717) is 37.6 Å². The molecule has 10 nitrogen and oxygen atoms in total. The number of amides is 1. The van der Waals surface area contributed by atoms with Crippen molar-refractivity contribution in [2.45, 2.75) is 12.8 Å². The van der Waals surface area contributed by atoms with Crippen LogP contribution in [0.15, 0.2) is 67.1 Å². The molecule has 1 aromatic carbocycles. The van der Waals surface area contributed by atoms with E-state index in [1.54, 1.807) is 30.7 Å². The molecular weight excluding hydrogens is 506 g/mol. The van der Waals surface area contributed by atoms with E-state index in [1.807, 2.05) is 43.3 Å². The van der Waals surface area contributed by atoms with Crippen molar-refractivity contribution in [1.82, 2.24) is 24.8 Å². The maximum Gasteiger partial charge on any atom is 0.248 e. The number of nitrogens with one attached hydrogen (secondary N) is 2. The van der Waals surface area contributed by atoms with Gasteiger partial charge in [-0.2, -0.15) is 0 Å². The van der Waals surface area contributed by atoms with Crippen molar-refractivity contribution in [3.05, 3.63) is 78.4 Å². The normalized spacial score (nSPS) is 13.8. The number of ether oxygens (including phenoxy) is 1. The number of rotatable bonds is 10. The number of carbonyl (C=O) groups excluding carboxylic acids is 2. The molecule has 0 atom stereocenters. The first-order valence-corrected chi connectivity index (χ1v) is 13.3. The van der Waals surface area contributed by atoms with Crippen LogP contribution in [0.5, 0.6) is 0 Å². The van der Waals surface area contributed by atoms with Crippen molar-refractivity contribution >= 4 is 34.2 Å². The number of hydrogen-bond donors (Lipinski definition) is 2. The first kappa shape index (κ1) is 27.2. The summed E-state index contributed by atoms with van der Waals surface area (Å²) in [5.41, 5.74) is 4.95. The summed E-state index contributed by atoms with van der Waals surface area (Å²) in [5.74, 6) is 0.771. The Morgan fingerprint density at radius 2 is 1.85 bits per heavy atom. The molecule has 206 valence electrons. The molecule has 1 saturated heterocycles. The Kier molecular flexibility index (Phi) is 8.58. The second-order valence-electron chi connectivity index (χ2n) is 10.0. The Balaban J connectivity index is 1.17. The van der Waals surface area contributed by atoms with Gasteiger partial charge in [0, 0.05) is 49.9 Å². The molecule has 1 aliphatic heterocycles. The Morgan fingerprint density at radius 3 is 2.58 bits per heavy atom. The van der Waals surface area contributed by atoms with Crippen molar-refractivity contribution in [3.8, 4) is 11.3 Å². The third-order valence-electron chi connectivity index (χ3n) is 6.59. The second kappa shape index (κ2) is 12.6. The lowest BCUT2D eigenvalue weighted by molar-refractivity contribution is -0.118. The zero-order chi connectivity index (χ0) is 27.9. The van der Waals surface area contributed by atoms with Gasteiger partial charge in [0.25, 0.3) is 0 Å². The fraction of sp³-hybridized carbons (Fsp3) is 0.300. The summed E-state index contributed by atoms with van der Waals surface area (Å²) < 4.78 is 5.48. The number of anilines is 2. The van der Waals surface area contributed by atoms with Gasteiger partial charge < -0.3 is 24.8 Å². The molecule has 5 rings (SSSR count). The average Bonchev–Trinajstić information content (AvgIpc) is 3.39. The maximum absolute atomic E-state index is 12.7. The largest absolute Gasteiger partial charge is 0.378 e. The van der Waals surface area contributed by atoms with Crippen molar-refractivity contribution in [2.24, 2.45) is 0 Å². The molecule has 0 saturated carbocycles. The fourth-order valence-corrected chi connectivity index (χ4v) is 4.56. The molecule has 1 aliphatic rings. The Morgan fingerprint density at radius 1 is 1.05 bits per heavy atom. The number of hydrogen-bond acceptors (Lipinski definition) is 8. The summed E-state index contributed by atoms with van der Waals surface area (Å²) in [7, 11) is 3.87. The van der Waals surface area contributed by atoms with Crippen LogP contribution in [0.3, 0.4) is 0 Å². The van der Waals surface area contributed by atoms with Gasteiger partial charge in [-0.3, -0.25) is 14.6 Å². The van der Waals surface area contributed by atoms with Crippen LogP contribution in [-0.2, 0) is 27.2 Å². The number of morpholine rings is 1. The predicted molar refractivity (Wildman–Crippen MR) is 155 cm³/mol. The number of benzene rings is 1. The van der Waals surface area contributed by atoms with Crippen molar-refractivity contribution in [2.75, 3.05) is 57.2 Å². The van der Waals surface area contributed by atoms with E-state index in [4.69, 9.17) is 4.74 Å². The number of aromatic nitrogens is 4. The minimum atomic E-state index is -0.214. The maximum atomic E-state index is 12.7. The highest BCUT2D eigenvalue weighted by Gasteiger charge is 2.17. The van der Waals surface area contributed by atoms with Gasteiger partial charge in [-0.25, -0.2) is 9.97 Å². The zero-order valence-corrected chi connectivity index (χ0v) is 22.8. The van der Waals surface area contributed by atoms with Crippen LogP contribution in [0.4, 0.5) is 11.5 Å². The first-order valence-electron chi connectivity index (χ1n) is 13.3. The number of likely N-dealkylation sites (N-methyl/N-ethyl adjacent to an activating group) is 1. The highest BCUT2D eigenvalue weighted by molar-refractivity contribution is 5.99. The summed E-state index contributed by atoms with van der Waals surface area (Å²) in [6.45, 7) is 3.68. The first-order chi connectivity index (χ1) is 19.4. The second-order valence-corrected chi connectivity index (χ2v) is 10.0.